The third-order valence-corrected chi connectivity index (χ3v) is 7.01. The number of halogens is 1. The first-order valence-corrected chi connectivity index (χ1v) is 13.6. The number of carbonyl (C=O) groups is 2. The maximum atomic E-state index is 13.1. The van der Waals surface area contributed by atoms with E-state index in [0.29, 0.717) is 29.4 Å². The van der Waals surface area contributed by atoms with Crippen LogP contribution in [0.1, 0.15) is 35.3 Å². The number of rotatable bonds is 9. The molecule has 9 heteroatoms. The molecule has 1 heterocycles. The Labute approximate surface area is 240 Å². The lowest BCUT2D eigenvalue weighted by molar-refractivity contribution is -0.123. The van der Waals surface area contributed by atoms with Crippen molar-refractivity contribution in [1.82, 2.24) is 10.7 Å². The fourth-order valence-corrected chi connectivity index (χ4v) is 4.57. The van der Waals surface area contributed by atoms with Crippen LogP contribution in [0.4, 0.5) is 0 Å². The summed E-state index contributed by atoms with van der Waals surface area (Å²) in [5.41, 5.74) is 4.72. The van der Waals surface area contributed by atoms with E-state index in [2.05, 4.69) is 31.8 Å². The average Bonchev–Trinajstić information content (AvgIpc) is 3.44. The molecule has 1 unspecified atom stereocenters. The second-order valence-electron chi connectivity index (χ2n) is 9.61. The van der Waals surface area contributed by atoms with Crippen molar-refractivity contribution in [2.45, 2.75) is 26.5 Å². The monoisotopic (exact) mass is 601 g/mol. The fraction of sp³-hybridized carbons (Fsp3) is 0.194. The van der Waals surface area contributed by atoms with Crippen LogP contribution in [-0.2, 0) is 11.4 Å². The van der Waals surface area contributed by atoms with Gasteiger partial charge in [0.1, 0.15) is 18.4 Å². The summed E-state index contributed by atoms with van der Waals surface area (Å²) in [4.78, 5) is 26.0. The number of fused-ring (bicyclic) bond motifs is 2. The second-order valence-corrected chi connectivity index (χ2v) is 10.5. The first-order valence-electron chi connectivity index (χ1n) is 12.8. The number of benzene rings is 4. The van der Waals surface area contributed by atoms with Gasteiger partial charge in [-0.25, -0.2) is 5.43 Å². The van der Waals surface area contributed by atoms with E-state index in [1.54, 1.807) is 24.4 Å². The smallest absolute Gasteiger partial charge is 0.262 e. The highest BCUT2D eigenvalue weighted by molar-refractivity contribution is 9.10. The molecule has 204 valence electrons. The summed E-state index contributed by atoms with van der Waals surface area (Å²) >= 11 is 3.45. The van der Waals surface area contributed by atoms with Gasteiger partial charge in [0.05, 0.1) is 6.21 Å². The molecule has 0 bridgehead atoms. The molecule has 4 aromatic carbocycles. The van der Waals surface area contributed by atoms with E-state index in [1.165, 1.54) is 0 Å². The molecule has 8 nitrogen and oxygen atoms in total. The molecule has 0 fully saturated rings. The normalized spacial score (nSPS) is 13.0. The number of amides is 2. The van der Waals surface area contributed by atoms with Crippen LogP contribution < -0.4 is 25.0 Å². The van der Waals surface area contributed by atoms with E-state index in [0.717, 1.165) is 26.4 Å². The summed E-state index contributed by atoms with van der Waals surface area (Å²) in [6.07, 6.45) is 1.58. The zero-order valence-corrected chi connectivity index (χ0v) is 23.6. The molecule has 5 rings (SSSR count). The first-order chi connectivity index (χ1) is 19.4. The third kappa shape index (κ3) is 6.26. The van der Waals surface area contributed by atoms with E-state index >= 15 is 0 Å². The number of hydrazone groups is 1. The maximum Gasteiger partial charge on any atom is 0.262 e. The lowest BCUT2D eigenvalue weighted by Crippen LogP contribution is -2.48. The zero-order valence-electron chi connectivity index (χ0n) is 22.0. The van der Waals surface area contributed by atoms with Crippen molar-refractivity contribution >= 4 is 44.7 Å². The van der Waals surface area contributed by atoms with Gasteiger partial charge in [0.2, 0.25) is 6.79 Å². The maximum absolute atomic E-state index is 13.1. The highest BCUT2D eigenvalue weighted by atomic mass is 79.9. The number of nitrogens with zero attached hydrogens (tertiary/aromatic N) is 1. The number of carbonyl (C=O) groups excluding carboxylic acids is 2. The van der Waals surface area contributed by atoms with Crippen LogP contribution in [0.3, 0.4) is 0 Å². The van der Waals surface area contributed by atoms with Gasteiger partial charge >= 0.3 is 0 Å². The van der Waals surface area contributed by atoms with Crippen LogP contribution in [0.15, 0.2) is 88.4 Å². The van der Waals surface area contributed by atoms with Crippen molar-refractivity contribution in [2.75, 3.05) is 6.79 Å². The molecule has 1 atom stereocenters. The van der Waals surface area contributed by atoms with Crippen LogP contribution in [0.25, 0.3) is 10.8 Å². The van der Waals surface area contributed by atoms with Gasteiger partial charge in [-0.05, 0) is 58.7 Å². The Morgan fingerprint density at radius 1 is 1.00 bits per heavy atom. The predicted octanol–water partition coefficient (Wildman–Crippen LogP) is 5.81. The minimum absolute atomic E-state index is 0.114. The van der Waals surface area contributed by atoms with Gasteiger partial charge in [-0.1, -0.05) is 72.2 Å². The van der Waals surface area contributed by atoms with E-state index in [9.17, 15) is 9.59 Å². The standard InChI is InChI=1S/C31H28BrN3O5/c1-19(2)29(34-30(36)22-10-14-27-28(15-22)40-18-39-27)31(37)35-33-16-25-24-6-4-3-5-21(24)9-13-26(25)38-17-20-7-11-23(32)12-8-20/h3-16,19,29H,17-18H2,1-2H3,(H,34,36)(H,35,37)/b33-16+. The van der Waals surface area contributed by atoms with Crippen LogP contribution in [0, 0.1) is 5.92 Å². The fourth-order valence-electron chi connectivity index (χ4n) is 4.30. The van der Waals surface area contributed by atoms with Gasteiger partial charge in [0.15, 0.2) is 11.5 Å². The van der Waals surface area contributed by atoms with Crippen LogP contribution >= 0.6 is 15.9 Å². The first kappa shape index (κ1) is 27.2. The van der Waals surface area contributed by atoms with Crippen molar-refractivity contribution in [1.29, 1.82) is 0 Å². The largest absolute Gasteiger partial charge is 0.488 e. The molecule has 2 N–H and O–H groups in total. The topological polar surface area (TPSA) is 98.2 Å². The van der Waals surface area contributed by atoms with Crippen molar-refractivity contribution in [3.05, 3.63) is 100 Å². The van der Waals surface area contributed by atoms with Crippen molar-refractivity contribution in [2.24, 2.45) is 11.0 Å². The minimum Gasteiger partial charge on any atom is -0.488 e. The SMILES string of the molecule is CC(C)C(NC(=O)c1ccc2c(c1)OCO2)C(=O)N/N=C/c1c(OCc2ccc(Br)cc2)ccc2ccccc12. The van der Waals surface area contributed by atoms with Gasteiger partial charge in [-0.15, -0.1) is 0 Å². The molecule has 0 spiro atoms. The Balaban J connectivity index is 1.31. The van der Waals surface area contributed by atoms with Crippen molar-refractivity contribution in [3.8, 4) is 17.2 Å². The molecule has 40 heavy (non-hydrogen) atoms. The summed E-state index contributed by atoms with van der Waals surface area (Å²) in [5.74, 6) is 0.701. The van der Waals surface area contributed by atoms with Gasteiger partial charge in [0.25, 0.3) is 11.8 Å². The van der Waals surface area contributed by atoms with Crippen LogP contribution in [0.2, 0.25) is 0 Å². The second kappa shape index (κ2) is 12.2. The van der Waals surface area contributed by atoms with E-state index in [1.807, 2.05) is 74.5 Å². The number of hydrogen-bond donors (Lipinski definition) is 2. The highest BCUT2D eigenvalue weighted by Crippen LogP contribution is 2.32. The molecule has 1 aliphatic rings. The molecule has 0 radical (unpaired) electrons. The summed E-state index contributed by atoms with van der Waals surface area (Å²) in [7, 11) is 0. The Bertz CT molecular complexity index is 1570. The summed E-state index contributed by atoms with van der Waals surface area (Å²) in [5, 5.41) is 9.01. The van der Waals surface area contributed by atoms with Crippen LogP contribution in [0.5, 0.6) is 17.2 Å². The molecule has 0 aromatic heterocycles. The van der Waals surface area contributed by atoms with Gasteiger partial charge < -0.3 is 19.5 Å². The van der Waals surface area contributed by atoms with Crippen LogP contribution in [-0.4, -0.2) is 30.9 Å². The molecule has 0 saturated carbocycles. The number of nitrogens with one attached hydrogen (secondary N) is 2. The quantitative estimate of drug-likeness (QED) is 0.186. The van der Waals surface area contributed by atoms with E-state index in [4.69, 9.17) is 14.2 Å². The lowest BCUT2D eigenvalue weighted by atomic mass is 10.0. The van der Waals surface area contributed by atoms with Crippen molar-refractivity contribution in [3.63, 3.8) is 0 Å². The lowest BCUT2D eigenvalue weighted by Gasteiger charge is -2.20. The summed E-state index contributed by atoms with van der Waals surface area (Å²) in [6.45, 7) is 4.20. The number of ether oxygens (including phenoxy) is 3. The molecular formula is C31H28BrN3O5. The Morgan fingerprint density at radius 2 is 1.77 bits per heavy atom. The zero-order chi connectivity index (χ0) is 28.1. The molecule has 0 aliphatic carbocycles. The average molecular weight is 602 g/mol. The van der Waals surface area contributed by atoms with Gasteiger partial charge in [-0.3, -0.25) is 9.59 Å². The third-order valence-electron chi connectivity index (χ3n) is 6.48. The van der Waals surface area contributed by atoms with Gasteiger partial charge in [0, 0.05) is 15.6 Å². The van der Waals surface area contributed by atoms with Gasteiger partial charge in [-0.2, -0.15) is 5.10 Å². The molecule has 4 aromatic rings. The molecule has 1 aliphatic heterocycles. The Kier molecular flexibility index (Phi) is 8.31. The molecule has 2 amide bonds. The minimum atomic E-state index is -0.810. The number of hydrogen-bond acceptors (Lipinski definition) is 6. The predicted molar refractivity (Wildman–Crippen MR) is 157 cm³/mol. The highest BCUT2D eigenvalue weighted by Gasteiger charge is 2.25. The Hall–Kier alpha value is -4.37. The van der Waals surface area contributed by atoms with E-state index < -0.39 is 17.9 Å². The molecular weight excluding hydrogens is 574 g/mol. The summed E-state index contributed by atoms with van der Waals surface area (Å²) < 4.78 is 17.8. The molecule has 0 saturated heterocycles. The van der Waals surface area contributed by atoms with E-state index in [-0.39, 0.29) is 12.7 Å². The Morgan fingerprint density at radius 3 is 2.58 bits per heavy atom. The van der Waals surface area contributed by atoms with Crippen molar-refractivity contribution < 1.29 is 23.8 Å². The summed E-state index contributed by atoms with van der Waals surface area (Å²) in [6, 6.07) is 23.8.